The van der Waals surface area contributed by atoms with Crippen LogP contribution in [0.25, 0.3) is 0 Å². The molecule has 2 atom stereocenters. The van der Waals surface area contributed by atoms with Gasteiger partial charge in [-0.05, 0) is 36.3 Å². The van der Waals surface area contributed by atoms with Crippen molar-refractivity contribution in [2.75, 3.05) is 11.5 Å². The number of fused-ring (bicyclic) bond motifs is 1. The molecule has 0 saturated heterocycles. The van der Waals surface area contributed by atoms with Crippen molar-refractivity contribution in [1.29, 1.82) is 0 Å². The highest BCUT2D eigenvalue weighted by Crippen LogP contribution is 2.38. The number of nitrogens with zero attached hydrogens (tertiary/aromatic N) is 2. The van der Waals surface area contributed by atoms with Crippen LogP contribution < -0.4 is 11.5 Å². The molecule has 4 rings (SSSR count). The van der Waals surface area contributed by atoms with Crippen molar-refractivity contribution >= 4 is 11.8 Å². The molecule has 0 amide bonds. The second-order valence-electron chi connectivity index (χ2n) is 7.02. The Morgan fingerprint density at radius 1 is 0.963 bits per heavy atom. The van der Waals surface area contributed by atoms with Crippen LogP contribution in [0.5, 0.6) is 0 Å². The molecule has 1 aliphatic rings. The van der Waals surface area contributed by atoms with E-state index in [9.17, 15) is 0 Å². The Morgan fingerprint density at radius 2 is 1.67 bits per heavy atom. The molecule has 4 N–H and O–H groups in total. The molecule has 0 fully saturated rings. The van der Waals surface area contributed by atoms with Crippen molar-refractivity contribution in [3.8, 4) is 0 Å². The largest absolute Gasteiger partial charge is 0.383 e. The van der Waals surface area contributed by atoms with Crippen LogP contribution in [0.1, 0.15) is 34.9 Å². The molecular weight excluding hydrogens is 336 g/mol. The fourth-order valence-corrected chi connectivity index (χ4v) is 3.85. The molecule has 27 heavy (non-hydrogen) atoms. The number of hydrogen-bond donors (Lipinski definition) is 2. The lowest BCUT2D eigenvalue weighted by Crippen LogP contribution is -2.25. The third kappa shape index (κ3) is 3.93. The summed E-state index contributed by atoms with van der Waals surface area (Å²) in [6.07, 6.45) is 2.62. The average Bonchev–Trinajstić information content (AvgIpc) is 2.70. The van der Waals surface area contributed by atoms with Crippen molar-refractivity contribution in [2.24, 2.45) is 5.92 Å². The number of hydrogen-bond acceptors (Lipinski definition) is 5. The van der Waals surface area contributed by atoms with E-state index >= 15 is 0 Å². The van der Waals surface area contributed by atoms with Gasteiger partial charge in [0.15, 0.2) is 0 Å². The third-order valence-corrected chi connectivity index (χ3v) is 5.19. The highest BCUT2D eigenvalue weighted by molar-refractivity contribution is 5.47. The zero-order valence-corrected chi connectivity index (χ0v) is 15.2. The van der Waals surface area contributed by atoms with E-state index < -0.39 is 0 Å². The topological polar surface area (TPSA) is 87.0 Å². The quantitative estimate of drug-likeness (QED) is 0.724. The van der Waals surface area contributed by atoms with Gasteiger partial charge in [-0.25, -0.2) is 4.98 Å². The molecule has 2 unspecified atom stereocenters. The Hall–Kier alpha value is -2.92. The zero-order chi connectivity index (χ0) is 18.6. The van der Waals surface area contributed by atoms with Gasteiger partial charge in [0.25, 0.3) is 0 Å². The fraction of sp³-hybridized carbons (Fsp3) is 0.273. The summed E-state index contributed by atoms with van der Waals surface area (Å²) in [5, 5.41) is 0. The maximum Gasteiger partial charge on any atom is 0.222 e. The minimum absolute atomic E-state index is 0.00323. The first kappa shape index (κ1) is 17.5. The van der Waals surface area contributed by atoms with Gasteiger partial charge in [0.05, 0.1) is 18.4 Å². The van der Waals surface area contributed by atoms with E-state index in [4.69, 9.17) is 16.2 Å². The van der Waals surface area contributed by atoms with Gasteiger partial charge in [-0.1, -0.05) is 60.7 Å². The smallest absolute Gasteiger partial charge is 0.222 e. The Balaban J connectivity index is 1.59. The van der Waals surface area contributed by atoms with E-state index in [1.807, 2.05) is 24.3 Å². The standard InChI is InChI=1S/C22H24N4O/c23-21-18-13-17(11-12-19(18)25-22(24)26-21)20(16-9-5-2-6-10-16)27-14-15-7-3-1-4-8-15/h1-10,17,20H,11-14H2,(H4,23,24,25,26). The van der Waals surface area contributed by atoms with Crippen LogP contribution in [0.2, 0.25) is 0 Å². The Labute approximate surface area is 159 Å². The minimum atomic E-state index is -0.00323. The molecule has 0 aliphatic heterocycles. The van der Waals surface area contributed by atoms with Gasteiger partial charge in [0, 0.05) is 5.56 Å². The number of nitrogens with two attached hydrogens (primary N) is 2. The molecule has 5 heteroatoms. The Kier molecular flexibility index (Phi) is 5.03. The molecule has 0 saturated carbocycles. The Bertz CT molecular complexity index is 899. The van der Waals surface area contributed by atoms with Crippen LogP contribution in [-0.2, 0) is 24.2 Å². The lowest BCUT2D eigenvalue weighted by molar-refractivity contribution is -0.00554. The van der Waals surface area contributed by atoms with Crippen LogP contribution in [0.15, 0.2) is 60.7 Å². The van der Waals surface area contributed by atoms with E-state index in [1.54, 1.807) is 0 Å². The number of nitrogen functional groups attached to an aromatic ring is 2. The summed E-state index contributed by atoms with van der Waals surface area (Å²) in [5.41, 5.74) is 16.2. The average molecular weight is 360 g/mol. The predicted molar refractivity (Wildman–Crippen MR) is 107 cm³/mol. The number of aromatic nitrogens is 2. The normalized spacial score (nSPS) is 17.3. The number of anilines is 2. The number of benzene rings is 2. The summed E-state index contributed by atoms with van der Waals surface area (Å²) in [4.78, 5) is 8.53. The first-order valence-corrected chi connectivity index (χ1v) is 9.32. The molecule has 1 heterocycles. The zero-order valence-electron chi connectivity index (χ0n) is 15.2. The second kappa shape index (κ2) is 7.76. The summed E-state index contributed by atoms with van der Waals surface area (Å²) >= 11 is 0. The van der Waals surface area contributed by atoms with Gasteiger partial charge in [-0.2, -0.15) is 4.98 Å². The molecule has 2 aromatic carbocycles. The summed E-state index contributed by atoms with van der Waals surface area (Å²) in [6, 6.07) is 20.7. The number of ether oxygens (including phenoxy) is 1. The SMILES string of the molecule is Nc1nc(N)c2c(n1)CCC(C(OCc1ccccc1)c1ccccc1)C2. The van der Waals surface area contributed by atoms with Crippen molar-refractivity contribution in [1.82, 2.24) is 9.97 Å². The van der Waals surface area contributed by atoms with Gasteiger partial charge < -0.3 is 16.2 Å². The van der Waals surface area contributed by atoms with Gasteiger partial charge in [-0.15, -0.1) is 0 Å². The van der Waals surface area contributed by atoms with Crippen molar-refractivity contribution in [3.05, 3.63) is 83.0 Å². The van der Waals surface area contributed by atoms with E-state index in [2.05, 4.69) is 46.4 Å². The summed E-state index contributed by atoms with van der Waals surface area (Å²) < 4.78 is 6.43. The van der Waals surface area contributed by atoms with E-state index in [1.165, 1.54) is 11.1 Å². The molecule has 1 aromatic heterocycles. The van der Waals surface area contributed by atoms with Crippen LogP contribution in [-0.4, -0.2) is 9.97 Å². The molecule has 5 nitrogen and oxygen atoms in total. The molecule has 0 spiro atoms. The highest BCUT2D eigenvalue weighted by atomic mass is 16.5. The number of rotatable bonds is 5. The van der Waals surface area contributed by atoms with Crippen LogP contribution in [0, 0.1) is 5.92 Å². The monoisotopic (exact) mass is 360 g/mol. The van der Waals surface area contributed by atoms with Gasteiger partial charge in [-0.3, -0.25) is 0 Å². The van der Waals surface area contributed by atoms with Crippen molar-refractivity contribution < 1.29 is 4.74 Å². The van der Waals surface area contributed by atoms with Crippen molar-refractivity contribution in [2.45, 2.75) is 32.0 Å². The predicted octanol–water partition coefficient (Wildman–Crippen LogP) is 3.70. The van der Waals surface area contributed by atoms with E-state index in [0.29, 0.717) is 18.3 Å². The third-order valence-electron chi connectivity index (χ3n) is 5.19. The maximum absolute atomic E-state index is 6.43. The summed E-state index contributed by atoms with van der Waals surface area (Å²) in [5.74, 6) is 1.07. The molecular formula is C22H24N4O. The minimum Gasteiger partial charge on any atom is -0.383 e. The molecule has 0 radical (unpaired) electrons. The second-order valence-corrected chi connectivity index (χ2v) is 7.02. The van der Waals surface area contributed by atoms with Crippen molar-refractivity contribution in [3.63, 3.8) is 0 Å². The van der Waals surface area contributed by atoms with Crippen LogP contribution in [0.4, 0.5) is 11.8 Å². The first-order valence-electron chi connectivity index (χ1n) is 9.32. The highest BCUT2D eigenvalue weighted by Gasteiger charge is 2.30. The van der Waals surface area contributed by atoms with Gasteiger partial charge in [0.2, 0.25) is 5.95 Å². The van der Waals surface area contributed by atoms with Gasteiger partial charge >= 0.3 is 0 Å². The number of aryl methyl sites for hydroxylation is 1. The van der Waals surface area contributed by atoms with E-state index in [-0.39, 0.29) is 12.1 Å². The molecule has 1 aliphatic carbocycles. The maximum atomic E-state index is 6.43. The molecule has 138 valence electrons. The summed E-state index contributed by atoms with van der Waals surface area (Å²) in [6.45, 7) is 0.581. The van der Waals surface area contributed by atoms with Crippen LogP contribution in [0.3, 0.4) is 0 Å². The molecule has 0 bridgehead atoms. The Morgan fingerprint density at radius 3 is 2.41 bits per heavy atom. The summed E-state index contributed by atoms with van der Waals surface area (Å²) in [7, 11) is 0. The lowest BCUT2D eigenvalue weighted by Gasteiger charge is -2.32. The first-order chi connectivity index (χ1) is 13.2. The molecule has 3 aromatic rings. The lowest BCUT2D eigenvalue weighted by atomic mass is 9.81. The van der Waals surface area contributed by atoms with E-state index in [0.717, 1.165) is 30.5 Å². The van der Waals surface area contributed by atoms with Crippen LogP contribution >= 0.6 is 0 Å². The fourth-order valence-electron chi connectivity index (χ4n) is 3.85. The van der Waals surface area contributed by atoms with Gasteiger partial charge in [0.1, 0.15) is 5.82 Å².